The standard InChI is InChI=1S/C27H37BrOS/c1-3-5-6-7-18-29-25-16-17-27(26(28)19-25)30-20-22-10-14-24(15-11-22)23-12-8-21(4-2)9-13-23/h10-11,14-17,19,21,23H,3-9,12-13,18,20H2,1-2H3. The first-order valence-electron chi connectivity index (χ1n) is 11.8. The summed E-state index contributed by atoms with van der Waals surface area (Å²) in [5.74, 6) is 3.70. The Morgan fingerprint density at radius 2 is 1.70 bits per heavy atom. The van der Waals surface area contributed by atoms with Crippen molar-refractivity contribution in [3.63, 3.8) is 0 Å². The van der Waals surface area contributed by atoms with Gasteiger partial charge in [0.25, 0.3) is 0 Å². The molecular weight excluding hydrogens is 452 g/mol. The molecule has 0 atom stereocenters. The fraction of sp³-hybridized carbons (Fsp3) is 0.556. The Morgan fingerprint density at radius 3 is 2.37 bits per heavy atom. The van der Waals surface area contributed by atoms with Gasteiger partial charge in [0.05, 0.1) is 6.61 Å². The van der Waals surface area contributed by atoms with Gasteiger partial charge in [0.15, 0.2) is 0 Å². The van der Waals surface area contributed by atoms with Crippen LogP contribution in [0.3, 0.4) is 0 Å². The molecule has 30 heavy (non-hydrogen) atoms. The first-order chi connectivity index (χ1) is 14.7. The molecule has 1 aliphatic rings. The molecule has 1 saturated carbocycles. The van der Waals surface area contributed by atoms with E-state index in [0.29, 0.717) is 0 Å². The molecule has 1 fully saturated rings. The molecule has 0 heterocycles. The van der Waals surface area contributed by atoms with Gasteiger partial charge >= 0.3 is 0 Å². The lowest BCUT2D eigenvalue weighted by Gasteiger charge is -2.28. The van der Waals surface area contributed by atoms with Crippen molar-refractivity contribution < 1.29 is 4.74 Å². The number of benzene rings is 2. The molecule has 0 radical (unpaired) electrons. The van der Waals surface area contributed by atoms with Crippen molar-refractivity contribution in [1.29, 1.82) is 0 Å². The second-order valence-electron chi connectivity index (χ2n) is 8.66. The van der Waals surface area contributed by atoms with E-state index < -0.39 is 0 Å². The van der Waals surface area contributed by atoms with E-state index in [9.17, 15) is 0 Å². The number of thioether (sulfide) groups is 1. The number of rotatable bonds is 11. The summed E-state index contributed by atoms with van der Waals surface area (Å²) in [5.41, 5.74) is 2.94. The fourth-order valence-electron chi connectivity index (χ4n) is 4.36. The van der Waals surface area contributed by atoms with Gasteiger partial charge in [-0.1, -0.05) is 63.8 Å². The van der Waals surface area contributed by atoms with Crippen LogP contribution in [0.1, 0.15) is 88.7 Å². The molecular formula is C27H37BrOS. The van der Waals surface area contributed by atoms with Crippen molar-refractivity contribution in [1.82, 2.24) is 0 Å². The van der Waals surface area contributed by atoms with E-state index in [0.717, 1.165) is 40.8 Å². The Kier molecular flexibility index (Phi) is 10.1. The number of hydrogen-bond acceptors (Lipinski definition) is 2. The van der Waals surface area contributed by atoms with Gasteiger partial charge in [-0.15, -0.1) is 11.8 Å². The molecule has 0 N–H and O–H groups in total. The highest BCUT2D eigenvalue weighted by atomic mass is 79.9. The summed E-state index contributed by atoms with van der Waals surface area (Å²) in [6.45, 7) is 5.39. The monoisotopic (exact) mass is 488 g/mol. The minimum Gasteiger partial charge on any atom is -0.494 e. The van der Waals surface area contributed by atoms with Crippen LogP contribution in [0.25, 0.3) is 0 Å². The normalized spacial score (nSPS) is 19.0. The largest absolute Gasteiger partial charge is 0.494 e. The lowest BCUT2D eigenvalue weighted by molar-refractivity contribution is 0.304. The average Bonchev–Trinajstić information content (AvgIpc) is 2.79. The summed E-state index contributed by atoms with van der Waals surface area (Å²) in [4.78, 5) is 1.27. The Morgan fingerprint density at radius 1 is 0.933 bits per heavy atom. The number of ether oxygens (including phenoxy) is 1. The smallest absolute Gasteiger partial charge is 0.120 e. The second kappa shape index (κ2) is 12.8. The molecule has 0 bridgehead atoms. The molecule has 0 amide bonds. The SMILES string of the molecule is CCCCCCOc1ccc(SCc2ccc(C3CCC(CC)CC3)cc2)c(Br)c1. The molecule has 1 aliphatic carbocycles. The second-order valence-corrected chi connectivity index (χ2v) is 10.5. The first-order valence-corrected chi connectivity index (χ1v) is 13.6. The van der Waals surface area contributed by atoms with Crippen LogP contribution in [0, 0.1) is 5.92 Å². The summed E-state index contributed by atoms with van der Waals surface area (Å²) in [6.07, 6.45) is 11.9. The predicted octanol–water partition coefficient (Wildman–Crippen LogP) is 9.38. The van der Waals surface area contributed by atoms with E-state index >= 15 is 0 Å². The van der Waals surface area contributed by atoms with Gasteiger partial charge < -0.3 is 4.74 Å². The topological polar surface area (TPSA) is 9.23 Å². The molecule has 3 rings (SSSR count). The van der Waals surface area contributed by atoms with Crippen LogP contribution in [-0.2, 0) is 5.75 Å². The van der Waals surface area contributed by atoms with Gasteiger partial charge in [0.2, 0.25) is 0 Å². The molecule has 164 valence electrons. The minimum atomic E-state index is 0.776. The third-order valence-corrected chi connectivity index (χ3v) is 8.50. The highest BCUT2D eigenvalue weighted by Gasteiger charge is 2.21. The summed E-state index contributed by atoms with van der Waals surface area (Å²) in [5, 5.41) is 0. The fourth-order valence-corrected chi connectivity index (χ4v) is 5.94. The number of unbranched alkanes of at least 4 members (excludes halogenated alkanes) is 3. The van der Waals surface area contributed by atoms with Crippen LogP contribution in [-0.4, -0.2) is 6.61 Å². The number of hydrogen-bond donors (Lipinski definition) is 0. The summed E-state index contributed by atoms with van der Waals surface area (Å²) >= 11 is 5.61. The zero-order valence-electron chi connectivity index (χ0n) is 18.7. The van der Waals surface area contributed by atoms with Crippen LogP contribution in [0.15, 0.2) is 51.8 Å². The van der Waals surface area contributed by atoms with Crippen molar-refractivity contribution in [3.05, 3.63) is 58.1 Å². The Bertz CT molecular complexity index is 750. The minimum absolute atomic E-state index is 0.776. The maximum atomic E-state index is 5.90. The molecule has 0 spiro atoms. The van der Waals surface area contributed by atoms with Gasteiger partial charge in [-0.2, -0.15) is 0 Å². The van der Waals surface area contributed by atoms with Crippen molar-refractivity contribution in [3.8, 4) is 5.75 Å². The summed E-state index contributed by atoms with van der Waals surface area (Å²) in [6, 6.07) is 15.8. The van der Waals surface area contributed by atoms with E-state index in [1.54, 1.807) is 5.56 Å². The van der Waals surface area contributed by atoms with Crippen molar-refractivity contribution in [2.75, 3.05) is 6.61 Å². The zero-order chi connectivity index (χ0) is 21.2. The molecule has 1 nitrogen and oxygen atoms in total. The van der Waals surface area contributed by atoms with Crippen LogP contribution < -0.4 is 4.74 Å². The maximum absolute atomic E-state index is 5.90. The third kappa shape index (κ3) is 7.34. The third-order valence-electron chi connectivity index (χ3n) is 6.44. The average molecular weight is 490 g/mol. The van der Waals surface area contributed by atoms with Gasteiger partial charge in [-0.05, 0) is 89.2 Å². The van der Waals surface area contributed by atoms with E-state index in [-0.39, 0.29) is 0 Å². The van der Waals surface area contributed by atoms with Gasteiger partial charge in [-0.3, -0.25) is 0 Å². The van der Waals surface area contributed by atoms with Crippen molar-refractivity contribution in [2.45, 2.75) is 88.2 Å². The van der Waals surface area contributed by atoms with Gasteiger partial charge in [0, 0.05) is 15.1 Å². The maximum Gasteiger partial charge on any atom is 0.120 e. The molecule has 2 aromatic rings. The molecule has 0 unspecified atom stereocenters. The van der Waals surface area contributed by atoms with Crippen LogP contribution in [0.5, 0.6) is 5.75 Å². The highest BCUT2D eigenvalue weighted by Crippen LogP contribution is 2.37. The van der Waals surface area contributed by atoms with Crippen LogP contribution in [0.4, 0.5) is 0 Å². The van der Waals surface area contributed by atoms with Crippen molar-refractivity contribution in [2.24, 2.45) is 5.92 Å². The lowest BCUT2D eigenvalue weighted by atomic mass is 9.78. The van der Waals surface area contributed by atoms with E-state index in [1.807, 2.05) is 11.8 Å². The quantitative estimate of drug-likeness (QED) is 0.230. The number of halogens is 1. The van der Waals surface area contributed by atoms with Gasteiger partial charge in [-0.25, -0.2) is 0 Å². The predicted molar refractivity (Wildman–Crippen MR) is 135 cm³/mol. The van der Waals surface area contributed by atoms with E-state index in [1.165, 1.54) is 61.8 Å². The Hall–Kier alpha value is -0.930. The van der Waals surface area contributed by atoms with Crippen LogP contribution >= 0.6 is 27.7 Å². The Balaban J connectivity index is 1.46. The van der Waals surface area contributed by atoms with E-state index in [4.69, 9.17) is 4.74 Å². The van der Waals surface area contributed by atoms with E-state index in [2.05, 4.69) is 72.2 Å². The molecule has 0 saturated heterocycles. The first kappa shape index (κ1) is 23.7. The molecule has 2 aromatic carbocycles. The van der Waals surface area contributed by atoms with Crippen LogP contribution in [0.2, 0.25) is 0 Å². The zero-order valence-corrected chi connectivity index (χ0v) is 21.1. The summed E-state index contributed by atoms with van der Waals surface area (Å²) in [7, 11) is 0. The summed E-state index contributed by atoms with van der Waals surface area (Å²) < 4.78 is 7.02. The lowest BCUT2D eigenvalue weighted by Crippen LogP contribution is -2.12. The molecule has 3 heteroatoms. The molecule has 0 aliphatic heterocycles. The van der Waals surface area contributed by atoms with Gasteiger partial charge in [0.1, 0.15) is 5.75 Å². The van der Waals surface area contributed by atoms with Crippen molar-refractivity contribution >= 4 is 27.7 Å². The Labute approximate surface area is 196 Å². The molecule has 0 aromatic heterocycles. The highest BCUT2D eigenvalue weighted by molar-refractivity contribution is 9.10.